The molecule has 1 saturated heterocycles. The van der Waals surface area contributed by atoms with Gasteiger partial charge in [0.05, 0.1) is 41.7 Å². The number of halogens is 1. The highest BCUT2D eigenvalue weighted by atomic mass is 32.2. The van der Waals surface area contributed by atoms with Gasteiger partial charge in [-0.25, -0.2) is 17.8 Å². The molecule has 3 heterocycles. The lowest BCUT2D eigenvalue weighted by Crippen LogP contribution is -2.14. The summed E-state index contributed by atoms with van der Waals surface area (Å²) in [5.74, 6) is 0.639. The molecule has 3 aromatic rings. The first-order valence-corrected chi connectivity index (χ1v) is 10.8. The summed E-state index contributed by atoms with van der Waals surface area (Å²) in [5, 5.41) is 4.62. The molecule has 0 amide bonds. The third-order valence-corrected chi connectivity index (χ3v) is 6.88. The van der Waals surface area contributed by atoms with Crippen LogP contribution in [0.3, 0.4) is 0 Å². The van der Waals surface area contributed by atoms with Gasteiger partial charge in [-0.15, -0.1) is 0 Å². The largest absolute Gasteiger partial charge is 0.494 e. The molecule has 7 nitrogen and oxygen atoms in total. The second-order valence-corrected chi connectivity index (χ2v) is 9.22. The molecule has 28 heavy (non-hydrogen) atoms. The van der Waals surface area contributed by atoms with Crippen LogP contribution in [0.15, 0.2) is 30.6 Å². The van der Waals surface area contributed by atoms with Gasteiger partial charge in [0.1, 0.15) is 5.82 Å². The molecule has 1 unspecified atom stereocenters. The fraction of sp³-hybridized carbons (Fsp3) is 0.368. The maximum atomic E-state index is 13.8. The van der Waals surface area contributed by atoms with Crippen molar-refractivity contribution in [2.24, 2.45) is 0 Å². The van der Waals surface area contributed by atoms with Crippen molar-refractivity contribution in [1.29, 1.82) is 0 Å². The number of methoxy groups -OCH3 is 1. The molecule has 0 radical (unpaired) electrons. The van der Waals surface area contributed by atoms with E-state index in [1.54, 1.807) is 18.3 Å². The minimum atomic E-state index is -3.01. The van der Waals surface area contributed by atoms with E-state index in [-0.39, 0.29) is 23.3 Å². The van der Waals surface area contributed by atoms with Crippen LogP contribution in [0.1, 0.15) is 23.9 Å². The highest BCUT2D eigenvalue weighted by molar-refractivity contribution is 7.91. The van der Waals surface area contributed by atoms with E-state index in [1.165, 1.54) is 13.2 Å². The highest BCUT2D eigenvalue weighted by Gasteiger charge is 2.32. The van der Waals surface area contributed by atoms with Gasteiger partial charge in [0.2, 0.25) is 0 Å². The number of hydrogen-bond donors (Lipinski definition) is 0. The Bertz CT molecular complexity index is 1150. The first-order valence-electron chi connectivity index (χ1n) is 8.94. The molecule has 0 N–H and O–H groups in total. The summed E-state index contributed by atoms with van der Waals surface area (Å²) in [6.07, 6.45) is 4.05. The maximum absolute atomic E-state index is 13.8. The van der Waals surface area contributed by atoms with E-state index in [0.29, 0.717) is 17.8 Å². The number of aromatic nitrogens is 4. The molecule has 148 valence electrons. The summed E-state index contributed by atoms with van der Waals surface area (Å²) in [6, 6.07) is 4.44. The van der Waals surface area contributed by atoms with Crippen molar-refractivity contribution in [3.8, 4) is 22.8 Å². The van der Waals surface area contributed by atoms with Crippen molar-refractivity contribution >= 4 is 9.84 Å². The van der Waals surface area contributed by atoms with Crippen molar-refractivity contribution in [3.63, 3.8) is 0 Å². The molecule has 4 rings (SSSR count). The summed E-state index contributed by atoms with van der Waals surface area (Å²) in [7, 11) is -1.59. The molecule has 1 aromatic carbocycles. The topological polar surface area (TPSA) is 79.0 Å². The van der Waals surface area contributed by atoms with Gasteiger partial charge in [0.15, 0.2) is 21.4 Å². The van der Waals surface area contributed by atoms with E-state index in [9.17, 15) is 12.8 Å². The average Bonchev–Trinajstić information content (AvgIpc) is 3.33. The highest BCUT2D eigenvalue weighted by Crippen LogP contribution is 2.32. The third-order valence-electron chi connectivity index (χ3n) is 5.13. The monoisotopic (exact) mass is 404 g/mol. The molecule has 9 heteroatoms. The van der Waals surface area contributed by atoms with Gasteiger partial charge in [-0.2, -0.15) is 5.10 Å². The molecule has 0 aliphatic carbocycles. The Morgan fingerprint density at radius 1 is 1.29 bits per heavy atom. The second-order valence-electron chi connectivity index (χ2n) is 6.99. The zero-order chi connectivity index (χ0) is 20.1. The summed E-state index contributed by atoms with van der Waals surface area (Å²) in [6.45, 7) is 3.81. The molecule has 1 aliphatic rings. The zero-order valence-electron chi connectivity index (χ0n) is 15.9. The fourth-order valence-electron chi connectivity index (χ4n) is 3.82. The Morgan fingerprint density at radius 2 is 2.07 bits per heavy atom. The lowest BCUT2D eigenvalue weighted by molar-refractivity contribution is 0.386. The normalized spacial score (nSPS) is 18.5. The molecular weight excluding hydrogens is 383 g/mol. The third kappa shape index (κ3) is 3.09. The predicted molar refractivity (Wildman–Crippen MR) is 103 cm³/mol. The van der Waals surface area contributed by atoms with Gasteiger partial charge in [-0.1, -0.05) is 0 Å². The molecule has 0 saturated carbocycles. The van der Waals surface area contributed by atoms with Crippen LogP contribution in [-0.4, -0.2) is 46.4 Å². The van der Waals surface area contributed by atoms with E-state index in [0.717, 1.165) is 17.1 Å². The summed E-state index contributed by atoms with van der Waals surface area (Å²) in [4.78, 5) is 4.43. The van der Waals surface area contributed by atoms with Crippen LogP contribution in [0.4, 0.5) is 4.39 Å². The summed E-state index contributed by atoms with van der Waals surface area (Å²) in [5.41, 5.74) is 3.20. The minimum absolute atomic E-state index is 0.111. The number of aryl methyl sites for hydroxylation is 1. The van der Waals surface area contributed by atoms with Crippen molar-refractivity contribution in [1.82, 2.24) is 19.3 Å². The number of imidazole rings is 1. The number of benzene rings is 1. The van der Waals surface area contributed by atoms with Crippen molar-refractivity contribution in [3.05, 3.63) is 47.8 Å². The van der Waals surface area contributed by atoms with Gasteiger partial charge < -0.3 is 4.74 Å². The minimum Gasteiger partial charge on any atom is -0.494 e. The second kappa shape index (κ2) is 6.73. The van der Waals surface area contributed by atoms with Gasteiger partial charge >= 0.3 is 0 Å². The van der Waals surface area contributed by atoms with E-state index in [4.69, 9.17) is 4.74 Å². The van der Waals surface area contributed by atoms with Crippen molar-refractivity contribution in [2.45, 2.75) is 26.3 Å². The lowest BCUT2D eigenvalue weighted by Gasteiger charge is -2.13. The molecule has 1 atom stereocenters. The Kier molecular flexibility index (Phi) is 4.49. The predicted octanol–water partition coefficient (Wildman–Crippen LogP) is 2.86. The number of nitrogens with zero attached hydrogens (tertiary/aromatic N) is 4. The number of hydrogen-bond acceptors (Lipinski definition) is 5. The van der Waals surface area contributed by atoms with Gasteiger partial charge in [0.25, 0.3) is 0 Å². The molecule has 0 bridgehead atoms. The molecule has 0 spiro atoms. The van der Waals surface area contributed by atoms with Crippen LogP contribution in [-0.2, 0) is 9.84 Å². The summed E-state index contributed by atoms with van der Waals surface area (Å²) < 4.78 is 46.3. The van der Waals surface area contributed by atoms with Gasteiger partial charge in [-0.05, 0) is 38.5 Å². The smallest absolute Gasteiger partial charge is 0.165 e. The quantitative estimate of drug-likeness (QED) is 0.668. The lowest BCUT2D eigenvalue weighted by atomic mass is 10.2. The van der Waals surface area contributed by atoms with E-state index < -0.39 is 15.7 Å². The molecular formula is C19H21FN4O3S. The Hall–Kier alpha value is -2.68. The Labute approximate surface area is 162 Å². The fourth-order valence-corrected chi connectivity index (χ4v) is 5.51. The van der Waals surface area contributed by atoms with Crippen LogP contribution in [0, 0.1) is 19.7 Å². The van der Waals surface area contributed by atoms with Crippen LogP contribution >= 0.6 is 0 Å². The maximum Gasteiger partial charge on any atom is 0.165 e. The molecule has 1 fully saturated rings. The first kappa shape index (κ1) is 18.7. The van der Waals surface area contributed by atoms with Gasteiger partial charge in [-0.3, -0.25) is 9.25 Å². The van der Waals surface area contributed by atoms with Crippen LogP contribution in [0.25, 0.3) is 17.1 Å². The van der Waals surface area contributed by atoms with Crippen LogP contribution in [0.2, 0.25) is 0 Å². The van der Waals surface area contributed by atoms with Crippen molar-refractivity contribution < 1.29 is 17.5 Å². The Morgan fingerprint density at radius 3 is 2.75 bits per heavy atom. The first-order chi connectivity index (χ1) is 13.3. The number of rotatable bonds is 4. The van der Waals surface area contributed by atoms with E-state index in [1.807, 2.05) is 29.3 Å². The van der Waals surface area contributed by atoms with Crippen molar-refractivity contribution in [2.75, 3.05) is 18.6 Å². The van der Waals surface area contributed by atoms with E-state index >= 15 is 0 Å². The van der Waals surface area contributed by atoms with Gasteiger partial charge in [0, 0.05) is 18.0 Å². The average molecular weight is 404 g/mol. The van der Waals surface area contributed by atoms with Crippen LogP contribution < -0.4 is 4.74 Å². The Balaban J connectivity index is 1.79. The van der Waals surface area contributed by atoms with Crippen LogP contribution in [0.5, 0.6) is 5.75 Å². The standard InChI is InChI=1S/C19H21FN4O3S/c1-12-18(13(2)24(22-12)15-6-9-28(25,26)11-15)23-8-7-21-19(23)14-4-5-16(20)17(10-14)27-3/h4-5,7-8,10,15H,6,9,11H2,1-3H3. The molecule has 1 aliphatic heterocycles. The number of ether oxygens (including phenoxy) is 1. The van der Waals surface area contributed by atoms with E-state index in [2.05, 4.69) is 10.1 Å². The summed E-state index contributed by atoms with van der Waals surface area (Å²) >= 11 is 0. The molecule has 2 aromatic heterocycles. The zero-order valence-corrected chi connectivity index (χ0v) is 16.7. The number of sulfone groups is 1. The SMILES string of the molecule is COc1cc(-c2nccn2-c2c(C)nn(C3CCS(=O)(=O)C3)c2C)ccc1F.